The van der Waals surface area contributed by atoms with E-state index in [0.29, 0.717) is 11.5 Å². The number of benzene rings is 2. The first-order valence-corrected chi connectivity index (χ1v) is 8.83. The summed E-state index contributed by atoms with van der Waals surface area (Å²) in [5.41, 5.74) is 3.68. The molecular weight excluding hydrogens is 310 g/mol. The first-order valence-electron chi connectivity index (χ1n) is 8.83. The Morgan fingerprint density at radius 1 is 0.960 bits per heavy atom. The summed E-state index contributed by atoms with van der Waals surface area (Å²) in [6, 6.07) is 16.2. The van der Waals surface area contributed by atoms with E-state index < -0.39 is 0 Å². The number of rotatable bonds is 3. The van der Waals surface area contributed by atoms with E-state index in [9.17, 15) is 4.79 Å². The number of likely N-dealkylation sites (tertiary alicyclic amines) is 1. The fourth-order valence-electron chi connectivity index (χ4n) is 3.57. The third-order valence-corrected chi connectivity index (χ3v) is 4.99. The van der Waals surface area contributed by atoms with Gasteiger partial charge in [0.2, 0.25) is 0 Å². The predicted octanol–water partition coefficient (Wildman–Crippen LogP) is 3.72. The number of hydrogen-bond acceptors (Lipinski definition) is 3. The standard InChI is InChI=1S/C21H21N3O/c25-21(18-6-7-19-20(15-18)23-11-10-22-19)24-12-8-17(9-13-24)14-16-4-2-1-3-5-16/h1-7,10-11,15,17H,8-9,12-14H2. The zero-order chi connectivity index (χ0) is 17.1. The Labute approximate surface area is 147 Å². The molecule has 1 aromatic heterocycles. The summed E-state index contributed by atoms with van der Waals surface area (Å²) >= 11 is 0. The normalized spacial score (nSPS) is 15.4. The van der Waals surface area contributed by atoms with Gasteiger partial charge in [0.1, 0.15) is 0 Å². The monoisotopic (exact) mass is 331 g/mol. The van der Waals surface area contributed by atoms with Crippen LogP contribution < -0.4 is 0 Å². The third-order valence-electron chi connectivity index (χ3n) is 4.99. The van der Waals surface area contributed by atoms with E-state index in [1.807, 2.05) is 23.1 Å². The number of amides is 1. The molecule has 2 heterocycles. The van der Waals surface area contributed by atoms with Gasteiger partial charge >= 0.3 is 0 Å². The van der Waals surface area contributed by atoms with Crippen molar-refractivity contribution in [2.24, 2.45) is 5.92 Å². The molecule has 126 valence electrons. The van der Waals surface area contributed by atoms with Crippen LogP contribution in [0.1, 0.15) is 28.8 Å². The molecule has 4 heteroatoms. The molecule has 0 N–H and O–H groups in total. The highest BCUT2D eigenvalue weighted by Gasteiger charge is 2.24. The van der Waals surface area contributed by atoms with Crippen LogP contribution in [-0.4, -0.2) is 33.9 Å². The molecule has 4 rings (SSSR count). The predicted molar refractivity (Wildman–Crippen MR) is 98.3 cm³/mol. The van der Waals surface area contributed by atoms with Gasteiger partial charge in [-0.25, -0.2) is 0 Å². The Morgan fingerprint density at radius 2 is 1.68 bits per heavy atom. The SMILES string of the molecule is O=C(c1ccc2nccnc2c1)N1CCC(Cc2ccccc2)CC1. The highest BCUT2D eigenvalue weighted by atomic mass is 16.2. The van der Waals surface area contributed by atoms with Gasteiger partial charge < -0.3 is 4.90 Å². The molecule has 0 unspecified atom stereocenters. The molecule has 0 atom stereocenters. The fourth-order valence-corrected chi connectivity index (χ4v) is 3.57. The Kier molecular flexibility index (Phi) is 4.42. The van der Waals surface area contributed by atoms with E-state index >= 15 is 0 Å². The summed E-state index contributed by atoms with van der Waals surface area (Å²) < 4.78 is 0. The van der Waals surface area contributed by atoms with Gasteiger partial charge in [-0.1, -0.05) is 30.3 Å². The number of fused-ring (bicyclic) bond motifs is 1. The average Bonchev–Trinajstić information content (AvgIpc) is 2.68. The zero-order valence-electron chi connectivity index (χ0n) is 14.1. The van der Waals surface area contributed by atoms with Gasteiger partial charge in [-0.15, -0.1) is 0 Å². The van der Waals surface area contributed by atoms with Crippen molar-refractivity contribution in [2.75, 3.05) is 13.1 Å². The molecular formula is C21H21N3O. The lowest BCUT2D eigenvalue weighted by atomic mass is 9.90. The van der Waals surface area contributed by atoms with E-state index in [2.05, 4.69) is 40.3 Å². The van der Waals surface area contributed by atoms with Crippen LogP contribution in [0.25, 0.3) is 11.0 Å². The lowest BCUT2D eigenvalue weighted by Gasteiger charge is -2.32. The molecule has 1 saturated heterocycles. The smallest absolute Gasteiger partial charge is 0.253 e. The second-order valence-electron chi connectivity index (χ2n) is 6.69. The number of piperidine rings is 1. The number of aromatic nitrogens is 2. The van der Waals surface area contributed by atoms with Crippen LogP contribution in [0.4, 0.5) is 0 Å². The van der Waals surface area contributed by atoms with E-state index in [4.69, 9.17) is 0 Å². The number of nitrogens with zero attached hydrogens (tertiary/aromatic N) is 3. The van der Waals surface area contributed by atoms with Crippen molar-refractivity contribution < 1.29 is 4.79 Å². The van der Waals surface area contributed by atoms with E-state index in [0.717, 1.165) is 43.4 Å². The highest BCUT2D eigenvalue weighted by Crippen LogP contribution is 2.23. The molecule has 0 spiro atoms. The van der Waals surface area contributed by atoms with Gasteiger partial charge in [0.15, 0.2) is 0 Å². The Bertz CT molecular complexity index is 870. The van der Waals surface area contributed by atoms with Gasteiger partial charge in [-0.2, -0.15) is 0 Å². The minimum absolute atomic E-state index is 0.103. The summed E-state index contributed by atoms with van der Waals surface area (Å²) in [7, 11) is 0. The maximum Gasteiger partial charge on any atom is 0.253 e. The Morgan fingerprint density at radius 3 is 2.44 bits per heavy atom. The second-order valence-corrected chi connectivity index (χ2v) is 6.69. The molecule has 1 aliphatic heterocycles. The van der Waals surface area contributed by atoms with Crippen LogP contribution in [0.2, 0.25) is 0 Å². The molecule has 1 amide bonds. The van der Waals surface area contributed by atoms with Crippen LogP contribution in [0.3, 0.4) is 0 Å². The molecule has 0 radical (unpaired) electrons. The van der Waals surface area contributed by atoms with Gasteiger partial charge in [0.05, 0.1) is 11.0 Å². The van der Waals surface area contributed by atoms with Crippen LogP contribution >= 0.6 is 0 Å². The molecule has 0 aliphatic carbocycles. The van der Waals surface area contributed by atoms with Crippen LogP contribution in [0.5, 0.6) is 0 Å². The molecule has 3 aromatic rings. The van der Waals surface area contributed by atoms with Crippen molar-refractivity contribution in [3.05, 3.63) is 72.1 Å². The maximum absolute atomic E-state index is 12.8. The zero-order valence-corrected chi connectivity index (χ0v) is 14.1. The lowest BCUT2D eigenvalue weighted by Crippen LogP contribution is -2.38. The van der Waals surface area contributed by atoms with Crippen molar-refractivity contribution in [2.45, 2.75) is 19.3 Å². The van der Waals surface area contributed by atoms with Crippen molar-refractivity contribution in [3.8, 4) is 0 Å². The summed E-state index contributed by atoms with van der Waals surface area (Å²) in [5.74, 6) is 0.764. The minimum Gasteiger partial charge on any atom is -0.339 e. The first kappa shape index (κ1) is 15.8. The molecule has 0 saturated carbocycles. The van der Waals surface area contributed by atoms with Gasteiger partial charge in [-0.3, -0.25) is 14.8 Å². The molecule has 25 heavy (non-hydrogen) atoms. The van der Waals surface area contributed by atoms with Crippen molar-refractivity contribution >= 4 is 16.9 Å². The lowest BCUT2D eigenvalue weighted by molar-refractivity contribution is 0.0690. The summed E-state index contributed by atoms with van der Waals surface area (Å²) in [5, 5.41) is 0. The van der Waals surface area contributed by atoms with Gasteiger partial charge in [0.25, 0.3) is 5.91 Å². The van der Waals surface area contributed by atoms with Crippen LogP contribution in [0, 0.1) is 5.92 Å². The van der Waals surface area contributed by atoms with E-state index in [-0.39, 0.29) is 5.91 Å². The topological polar surface area (TPSA) is 46.1 Å². The second kappa shape index (κ2) is 7.01. The summed E-state index contributed by atoms with van der Waals surface area (Å²) in [6.45, 7) is 1.66. The van der Waals surface area contributed by atoms with Crippen LogP contribution in [-0.2, 0) is 6.42 Å². The van der Waals surface area contributed by atoms with Crippen molar-refractivity contribution in [3.63, 3.8) is 0 Å². The number of carbonyl (C=O) groups is 1. The van der Waals surface area contributed by atoms with E-state index in [1.54, 1.807) is 12.4 Å². The van der Waals surface area contributed by atoms with E-state index in [1.165, 1.54) is 5.56 Å². The summed E-state index contributed by atoms with van der Waals surface area (Å²) in [4.78, 5) is 23.3. The Balaban J connectivity index is 1.40. The molecule has 4 nitrogen and oxygen atoms in total. The molecule has 1 aliphatic rings. The van der Waals surface area contributed by atoms with Gasteiger partial charge in [0, 0.05) is 31.0 Å². The molecule has 0 bridgehead atoms. The number of hydrogen-bond donors (Lipinski definition) is 0. The molecule has 2 aromatic carbocycles. The average molecular weight is 331 g/mol. The minimum atomic E-state index is 0.103. The fraction of sp³-hybridized carbons (Fsp3) is 0.286. The highest BCUT2D eigenvalue weighted by molar-refractivity contribution is 5.97. The van der Waals surface area contributed by atoms with Crippen molar-refractivity contribution in [1.82, 2.24) is 14.9 Å². The third kappa shape index (κ3) is 3.53. The van der Waals surface area contributed by atoms with Crippen LogP contribution in [0.15, 0.2) is 60.9 Å². The number of carbonyl (C=O) groups excluding carboxylic acids is 1. The van der Waals surface area contributed by atoms with Crippen molar-refractivity contribution in [1.29, 1.82) is 0 Å². The Hall–Kier alpha value is -2.75. The van der Waals surface area contributed by atoms with Gasteiger partial charge in [-0.05, 0) is 48.9 Å². The molecule has 1 fully saturated rings. The summed E-state index contributed by atoms with van der Waals surface area (Å²) in [6.07, 6.45) is 6.56. The quantitative estimate of drug-likeness (QED) is 0.735. The largest absolute Gasteiger partial charge is 0.339 e. The first-order chi connectivity index (χ1) is 12.3. The maximum atomic E-state index is 12.8.